The zero-order chi connectivity index (χ0) is 14.3. The number of amides is 1. The molecule has 1 heterocycles. The van der Waals surface area contributed by atoms with Gasteiger partial charge in [-0.05, 0) is 43.4 Å². The average molecular weight is 297 g/mol. The van der Waals surface area contributed by atoms with Crippen LogP contribution in [0.5, 0.6) is 0 Å². The van der Waals surface area contributed by atoms with E-state index < -0.39 is 5.82 Å². The Balaban J connectivity index is 1.81. The molecule has 1 saturated carbocycles. The van der Waals surface area contributed by atoms with Gasteiger partial charge in [0.05, 0.1) is 16.8 Å². The highest BCUT2D eigenvalue weighted by Crippen LogP contribution is 2.38. The molecule has 1 amide bonds. The van der Waals surface area contributed by atoms with E-state index in [1.807, 2.05) is 0 Å². The number of hydrogen-bond donors (Lipinski definition) is 1. The lowest BCUT2D eigenvalue weighted by molar-refractivity contribution is -0.121. The Bertz CT molecular complexity index is 537. The van der Waals surface area contributed by atoms with Crippen molar-refractivity contribution in [3.05, 3.63) is 29.0 Å². The first-order valence-electron chi connectivity index (χ1n) is 7.04. The van der Waals surface area contributed by atoms with E-state index in [1.165, 1.54) is 23.8 Å². The molecule has 0 radical (unpaired) electrons. The van der Waals surface area contributed by atoms with E-state index in [-0.39, 0.29) is 22.7 Å². The number of rotatable bonds is 2. The zero-order valence-electron chi connectivity index (χ0n) is 11.4. The van der Waals surface area contributed by atoms with Gasteiger partial charge in [0.25, 0.3) is 0 Å². The van der Waals surface area contributed by atoms with Crippen molar-refractivity contribution in [2.75, 3.05) is 18.5 Å². The standard InChI is InChI=1S/C15H18ClFN2O/c1-19(12-7-3-6-11(16)13(12)17)15(20)14-10-5-2-4-9(10)8-18-14/h3,6-7,9-10,14,18H,2,4-5,8H2,1H3/t9-,10?,14-/m0/s1. The SMILES string of the molecule is CN(C(=O)[C@H]1NC[C@@H]2CCCC21)c1cccc(Cl)c1F. The maximum Gasteiger partial charge on any atom is 0.244 e. The zero-order valence-corrected chi connectivity index (χ0v) is 12.2. The summed E-state index contributed by atoms with van der Waals surface area (Å²) in [6, 6.07) is 4.54. The van der Waals surface area contributed by atoms with E-state index in [0.717, 1.165) is 13.0 Å². The fraction of sp³-hybridized carbons (Fsp3) is 0.533. The molecule has 1 aliphatic heterocycles. The smallest absolute Gasteiger partial charge is 0.244 e. The quantitative estimate of drug-likeness (QED) is 0.910. The first-order valence-corrected chi connectivity index (χ1v) is 7.42. The Labute approximate surface area is 123 Å². The van der Waals surface area contributed by atoms with Crippen LogP contribution in [0.25, 0.3) is 0 Å². The maximum atomic E-state index is 14.0. The summed E-state index contributed by atoms with van der Waals surface area (Å²) in [5, 5.41) is 3.34. The molecule has 0 spiro atoms. The van der Waals surface area contributed by atoms with E-state index in [9.17, 15) is 9.18 Å². The molecule has 3 atom stereocenters. The predicted octanol–water partition coefficient (Wildman–Crippen LogP) is 2.83. The van der Waals surface area contributed by atoms with Gasteiger partial charge in [0, 0.05) is 7.05 Å². The molecule has 2 aliphatic rings. The van der Waals surface area contributed by atoms with Crippen LogP contribution < -0.4 is 10.2 Å². The summed E-state index contributed by atoms with van der Waals surface area (Å²) >= 11 is 5.78. The average Bonchev–Trinajstić information content (AvgIpc) is 3.03. The number of fused-ring (bicyclic) bond motifs is 1. The van der Waals surface area contributed by atoms with Gasteiger partial charge in [-0.25, -0.2) is 4.39 Å². The van der Waals surface area contributed by atoms with Gasteiger partial charge in [0.15, 0.2) is 5.82 Å². The summed E-state index contributed by atoms with van der Waals surface area (Å²) < 4.78 is 14.0. The molecule has 3 nitrogen and oxygen atoms in total. The second kappa shape index (κ2) is 5.34. The van der Waals surface area contributed by atoms with Crippen LogP contribution in [0.15, 0.2) is 18.2 Å². The van der Waals surface area contributed by atoms with E-state index in [4.69, 9.17) is 11.6 Å². The maximum absolute atomic E-state index is 14.0. The van der Waals surface area contributed by atoms with Crippen LogP contribution in [0.3, 0.4) is 0 Å². The van der Waals surface area contributed by atoms with Crippen LogP contribution in [0, 0.1) is 17.7 Å². The minimum absolute atomic E-state index is 0.0419. The molecule has 1 aromatic carbocycles. The Hall–Kier alpha value is -1.13. The summed E-state index contributed by atoms with van der Waals surface area (Å²) in [5.74, 6) is 0.389. The number of hydrogen-bond acceptors (Lipinski definition) is 2. The van der Waals surface area contributed by atoms with Gasteiger partial charge in [-0.3, -0.25) is 4.79 Å². The number of nitrogens with zero attached hydrogens (tertiary/aromatic N) is 1. The highest BCUT2D eigenvalue weighted by Gasteiger charge is 2.43. The highest BCUT2D eigenvalue weighted by atomic mass is 35.5. The predicted molar refractivity (Wildman–Crippen MR) is 77.4 cm³/mol. The number of anilines is 1. The van der Waals surface area contributed by atoms with Crippen molar-refractivity contribution in [1.82, 2.24) is 5.32 Å². The first-order chi connectivity index (χ1) is 9.59. The fourth-order valence-electron chi connectivity index (χ4n) is 3.54. The Kier molecular flexibility index (Phi) is 3.69. The lowest BCUT2D eigenvalue weighted by atomic mass is 9.93. The van der Waals surface area contributed by atoms with Gasteiger partial charge in [-0.1, -0.05) is 24.1 Å². The lowest BCUT2D eigenvalue weighted by Crippen LogP contribution is -2.45. The van der Waals surface area contributed by atoms with Crippen molar-refractivity contribution in [1.29, 1.82) is 0 Å². The Morgan fingerprint density at radius 1 is 1.45 bits per heavy atom. The number of carbonyl (C=O) groups is 1. The molecule has 108 valence electrons. The van der Waals surface area contributed by atoms with Crippen molar-refractivity contribution in [3.8, 4) is 0 Å². The molecular formula is C15H18ClFN2O. The Morgan fingerprint density at radius 3 is 3.05 bits per heavy atom. The van der Waals surface area contributed by atoms with Gasteiger partial charge in [-0.2, -0.15) is 0 Å². The lowest BCUT2D eigenvalue weighted by Gasteiger charge is -2.25. The monoisotopic (exact) mass is 296 g/mol. The molecule has 1 aliphatic carbocycles. The summed E-state index contributed by atoms with van der Waals surface area (Å²) in [5.41, 5.74) is 0.241. The van der Waals surface area contributed by atoms with Crippen molar-refractivity contribution >= 4 is 23.2 Å². The molecule has 3 rings (SSSR count). The number of nitrogens with one attached hydrogen (secondary N) is 1. The number of halogens is 2. The van der Waals surface area contributed by atoms with Crippen LogP contribution in [-0.2, 0) is 4.79 Å². The summed E-state index contributed by atoms with van der Waals surface area (Å²) in [6.45, 7) is 0.896. The minimum Gasteiger partial charge on any atom is -0.311 e. The largest absolute Gasteiger partial charge is 0.311 e. The van der Waals surface area contributed by atoms with Gasteiger partial charge in [0.2, 0.25) is 5.91 Å². The van der Waals surface area contributed by atoms with E-state index in [0.29, 0.717) is 11.8 Å². The molecule has 1 unspecified atom stereocenters. The molecule has 5 heteroatoms. The highest BCUT2D eigenvalue weighted by molar-refractivity contribution is 6.31. The summed E-state index contributed by atoms with van der Waals surface area (Å²) in [4.78, 5) is 14.0. The summed E-state index contributed by atoms with van der Waals surface area (Å²) in [7, 11) is 1.61. The van der Waals surface area contributed by atoms with Gasteiger partial charge >= 0.3 is 0 Å². The van der Waals surface area contributed by atoms with Crippen molar-refractivity contribution in [3.63, 3.8) is 0 Å². The van der Waals surface area contributed by atoms with Crippen LogP contribution >= 0.6 is 11.6 Å². The topological polar surface area (TPSA) is 32.3 Å². The van der Waals surface area contributed by atoms with Crippen LogP contribution in [0.4, 0.5) is 10.1 Å². The van der Waals surface area contributed by atoms with E-state index >= 15 is 0 Å². The molecule has 1 N–H and O–H groups in total. The number of benzene rings is 1. The van der Waals surface area contributed by atoms with Gasteiger partial charge in [0.1, 0.15) is 0 Å². The van der Waals surface area contributed by atoms with Crippen molar-refractivity contribution in [2.24, 2.45) is 11.8 Å². The number of carbonyl (C=O) groups excluding carboxylic acids is 1. The first kappa shape index (κ1) is 13.8. The fourth-order valence-corrected chi connectivity index (χ4v) is 3.71. The van der Waals surface area contributed by atoms with Gasteiger partial charge in [-0.15, -0.1) is 0 Å². The third-order valence-corrected chi connectivity index (χ3v) is 4.93. The molecule has 1 saturated heterocycles. The number of likely N-dealkylation sites (N-methyl/N-ethyl adjacent to an activating group) is 1. The third kappa shape index (κ3) is 2.21. The second-order valence-electron chi connectivity index (χ2n) is 5.71. The normalized spacial score (nSPS) is 28.4. The van der Waals surface area contributed by atoms with E-state index in [1.54, 1.807) is 19.2 Å². The minimum atomic E-state index is -0.536. The van der Waals surface area contributed by atoms with Crippen LogP contribution in [0.2, 0.25) is 5.02 Å². The molecule has 0 bridgehead atoms. The van der Waals surface area contributed by atoms with E-state index in [2.05, 4.69) is 5.32 Å². The van der Waals surface area contributed by atoms with Gasteiger partial charge < -0.3 is 10.2 Å². The van der Waals surface area contributed by atoms with Crippen LogP contribution in [0.1, 0.15) is 19.3 Å². The molecule has 0 aromatic heterocycles. The van der Waals surface area contributed by atoms with Crippen molar-refractivity contribution in [2.45, 2.75) is 25.3 Å². The third-order valence-electron chi connectivity index (χ3n) is 4.64. The molecule has 2 fully saturated rings. The van der Waals surface area contributed by atoms with Crippen molar-refractivity contribution < 1.29 is 9.18 Å². The summed E-state index contributed by atoms with van der Waals surface area (Å²) in [6.07, 6.45) is 3.46. The Morgan fingerprint density at radius 2 is 2.25 bits per heavy atom. The molecule has 20 heavy (non-hydrogen) atoms. The second-order valence-corrected chi connectivity index (χ2v) is 6.12. The van der Waals surface area contributed by atoms with Crippen LogP contribution in [-0.4, -0.2) is 25.5 Å². The molecular weight excluding hydrogens is 279 g/mol. The molecule has 1 aromatic rings.